The number of aryl methyl sites for hydroxylation is 2. The lowest BCUT2D eigenvalue weighted by Gasteiger charge is -2.17. The molecule has 3 aromatic rings. The summed E-state index contributed by atoms with van der Waals surface area (Å²) >= 11 is 0. The number of halogens is 1. The molecule has 0 amide bonds. The summed E-state index contributed by atoms with van der Waals surface area (Å²) in [5, 5.41) is 3.44. The van der Waals surface area contributed by atoms with Gasteiger partial charge in [-0.05, 0) is 56.2 Å². The van der Waals surface area contributed by atoms with Gasteiger partial charge in [0.25, 0.3) is 0 Å². The van der Waals surface area contributed by atoms with E-state index in [0.29, 0.717) is 30.2 Å². The molecule has 0 atom stereocenters. The highest BCUT2D eigenvalue weighted by Gasteiger charge is 2.13. The predicted molar refractivity (Wildman–Crippen MR) is 112 cm³/mol. The van der Waals surface area contributed by atoms with Crippen LogP contribution in [0.5, 0.6) is 11.5 Å². The number of hydrogen-bond acceptors (Lipinski definition) is 3. The summed E-state index contributed by atoms with van der Waals surface area (Å²) < 4.78 is 25.7. The van der Waals surface area contributed by atoms with E-state index in [9.17, 15) is 4.39 Å². The molecular weight excluding hydrogens is 353 g/mol. The Balaban J connectivity index is 1.80. The van der Waals surface area contributed by atoms with E-state index in [1.165, 1.54) is 17.2 Å². The van der Waals surface area contributed by atoms with Crippen LogP contribution in [0.3, 0.4) is 0 Å². The molecule has 4 heteroatoms. The second kappa shape index (κ2) is 9.27. The van der Waals surface area contributed by atoms with E-state index in [0.717, 1.165) is 11.3 Å². The predicted octanol–water partition coefficient (Wildman–Crippen LogP) is 6.03. The van der Waals surface area contributed by atoms with Crippen LogP contribution in [0.25, 0.3) is 0 Å². The quantitative estimate of drug-likeness (QED) is 0.518. The normalized spacial score (nSPS) is 10.6. The zero-order chi connectivity index (χ0) is 19.9. The molecule has 0 radical (unpaired) electrons. The monoisotopic (exact) mass is 379 g/mol. The van der Waals surface area contributed by atoms with Gasteiger partial charge in [0, 0.05) is 23.4 Å². The number of hydrogen-bond donors (Lipinski definition) is 1. The molecule has 1 N–H and O–H groups in total. The number of ether oxygens (including phenoxy) is 2. The minimum atomic E-state index is -0.272. The van der Waals surface area contributed by atoms with E-state index in [2.05, 4.69) is 37.4 Å². The maximum atomic E-state index is 14.0. The SMILES string of the molecule is CCOc1cccc(CNc2ccc(C)c(C)c2)c1OCc1ccccc1F. The Morgan fingerprint density at radius 1 is 0.857 bits per heavy atom. The first kappa shape index (κ1) is 19.7. The second-order valence-electron chi connectivity index (χ2n) is 6.71. The Kier molecular flexibility index (Phi) is 6.53. The third kappa shape index (κ3) is 4.83. The van der Waals surface area contributed by atoms with Crippen molar-refractivity contribution in [3.63, 3.8) is 0 Å². The first-order valence-corrected chi connectivity index (χ1v) is 9.50. The van der Waals surface area contributed by atoms with E-state index in [1.54, 1.807) is 18.2 Å². The summed E-state index contributed by atoms with van der Waals surface area (Å²) in [5.41, 5.74) is 5.02. The van der Waals surface area contributed by atoms with Crippen molar-refractivity contribution in [3.05, 3.63) is 88.7 Å². The van der Waals surface area contributed by atoms with Gasteiger partial charge in [-0.3, -0.25) is 0 Å². The molecule has 3 rings (SSSR count). The van der Waals surface area contributed by atoms with Crippen LogP contribution >= 0.6 is 0 Å². The van der Waals surface area contributed by atoms with Crippen molar-refractivity contribution in [2.24, 2.45) is 0 Å². The van der Waals surface area contributed by atoms with Gasteiger partial charge in [-0.2, -0.15) is 0 Å². The van der Waals surface area contributed by atoms with E-state index < -0.39 is 0 Å². The Morgan fingerprint density at radius 3 is 2.39 bits per heavy atom. The third-order valence-electron chi connectivity index (χ3n) is 4.68. The minimum Gasteiger partial charge on any atom is -0.490 e. The number of para-hydroxylation sites is 1. The van der Waals surface area contributed by atoms with Crippen LogP contribution in [0, 0.1) is 19.7 Å². The zero-order valence-corrected chi connectivity index (χ0v) is 16.6. The van der Waals surface area contributed by atoms with Crippen LogP contribution < -0.4 is 14.8 Å². The van der Waals surface area contributed by atoms with Crippen LogP contribution in [0.2, 0.25) is 0 Å². The van der Waals surface area contributed by atoms with Crippen LogP contribution in [0.1, 0.15) is 29.2 Å². The van der Waals surface area contributed by atoms with Crippen LogP contribution in [0.15, 0.2) is 60.7 Å². The van der Waals surface area contributed by atoms with Gasteiger partial charge >= 0.3 is 0 Å². The molecule has 0 saturated heterocycles. The van der Waals surface area contributed by atoms with E-state index in [-0.39, 0.29) is 12.4 Å². The molecule has 0 aliphatic rings. The highest BCUT2D eigenvalue weighted by atomic mass is 19.1. The first-order chi connectivity index (χ1) is 13.6. The lowest BCUT2D eigenvalue weighted by Crippen LogP contribution is -2.07. The van der Waals surface area contributed by atoms with Crippen LogP contribution in [0.4, 0.5) is 10.1 Å². The highest BCUT2D eigenvalue weighted by Crippen LogP contribution is 2.33. The molecule has 0 bridgehead atoms. The van der Waals surface area contributed by atoms with Gasteiger partial charge in [-0.15, -0.1) is 0 Å². The van der Waals surface area contributed by atoms with Crippen molar-refractivity contribution in [2.75, 3.05) is 11.9 Å². The molecule has 28 heavy (non-hydrogen) atoms. The average Bonchev–Trinajstić information content (AvgIpc) is 2.69. The van der Waals surface area contributed by atoms with Crippen LogP contribution in [-0.2, 0) is 13.2 Å². The summed E-state index contributed by atoms with van der Waals surface area (Å²) in [7, 11) is 0. The number of rotatable bonds is 8. The Hall–Kier alpha value is -3.01. The minimum absolute atomic E-state index is 0.146. The third-order valence-corrected chi connectivity index (χ3v) is 4.68. The van der Waals surface area contributed by atoms with Gasteiger partial charge in [0.15, 0.2) is 11.5 Å². The summed E-state index contributed by atoms with van der Waals surface area (Å²) in [6.07, 6.45) is 0. The molecule has 0 aliphatic heterocycles. The van der Waals surface area contributed by atoms with E-state index >= 15 is 0 Å². The molecule has 146 valence electrons. The molecule has 0 fully saturated rings. The summed E-state index contributed by atoms with van der Waals surface area (Å²) in [6.45, 7) is 7.38. The second-order valence-corrected chi connectivity index (χ2v) is 6.71. The number of nitrogens with one attached hydrogen (secondary N) is 1. The topological polar surface area (TPSA) is 30.5 Å². The molecular formula is C24H26FNO2. The maximum absolute atomic E-state index is 14.0. The van der Waals surface area contributed by atoms with Crippen molar-refractivity contribution in [1.82, 2.24) is 0 Å². The molecule has 0 saturated carbocycles. The van der Waals surface area contributed by atoms with Gasteiger partial charge in [0.05, 0.1) is 6.61 Å². The van der Waals surface area contributed by atoms with Crippen molar-refractivity contribution < 1.29 is 13.9 Å². The Labute approximate surface area is 166 Å². The average molecular weight is 379 g/mol. The van der Waals surface area contributed by atoms with Gasteiger partial charge in [0.1, 0.15) is 12.4 Å². The molecule has 0 aliphatic carbocycles. The van der Waals surface area contributed by atoms with E-state index in [1.807, 2.05) is 25.1 Å². The molecule has 3 aromatic carbocycles. The fraction of sp³-hybridized carbons (Fsp3) is 0.250. The fourth-order valence-electron chi connectivity index (χ4n) is 2.95. The lowest BCUT2D eigenvalue weighted by atomic mass is 10.1. The molecule has 0 aromatic heterocycles. The fourth-order valence-corrected chi connectivity index (χ4v) is 2.95. The Morgan fingerprint density at radius 2 is 1.64 bits per heavy atom. The number of anilines is 1. The zero-order valence-electron chi connectivity index (χ0n) is 16.6. The van der Waals surface area contributed by atoms with Gasteiger partial charge in [-0.1, -0.05) is 36.4 Å². The van der Waals surface area contributed by atoms with Crippen LogP contribution in [-0.4, -0.2) is 6.61 Å². The van der Waals surface area contributed by atoms with Gasteiger partial charge < -0.3 is 14.8 Å². The molecule has 0 spiro atoms. The Bertz CT molecular complexity index is 940. The van der Waals surface area contributed by atoms with Crippen molar-refractivity contribution in [2.45, 2.75) is 33.9 Å². The molecule has 3 nitrogen and oxygen atoms in total. The summed E-state index contributed by atoms with van der Waals surface area (Å²) in [4.78, 5) is 0. The van der Waals surface area contributed by atoms with Crippen molar-refractivity contribution in [3.8, 4) is 11.5 Å². The standard InChI is InChI=1S/C24H26FNO2/c1-4-27-23-11-7-9-19(15-26-21-13-12-17(2)18(3)14-21)24(23)28-16-20-8-5-6-10-22(20)25/h5-14,26H,4,15-16H2,1-3H3. The molecule has 0 heterocycles. The maximum Gasteiger partial charge on any atom is 0.166 e. The summed E-state index contributed by atoms with van der Waals surface area (Å²) in [6, 6.07) is 18.7. The molecule has 0 unspecified atom stereocenters. The van der Waals surface area contributed by atoms with E-state index in [4.69, 9.17) is 9.47 Å². The van der Waals surface area contributed by atoms with Gasteiger partial charge in [0.2, 0.25) is 0 Å². The van der Waals surface area contributed by atoms with Crippen molar-refractivity contribution >= 4 is 5.69 Å². The largest absolute Gasteiger partial charge is 0.490 e. The highest BCUT2D eigenvalue weighted by molar-refractivity contribution is 5.52. The smallest absolute Gasteiger partial charge is 0.166 e. The first-order valence-electron chi connectivity index (χ1n) is 9.50. The van der Waals surface area contributed by atoms with Crippen molar-refractivity contribution in [1.29, 1.82) is 0 Å². The number of benzene rings is 3. The summed E-state index contributed by atoms with van der Waals surface area (Å²) in [5.74, 6) is 1.04. The van der Waals surface area contributed by atoms with Gasteiger partial charge in [-0.25, -0.2) is 4.39 Å². The lowest BCUT2D eigenvalue weighted by molar-refractivity contribution is 0.263.